The number of hydrogen-bond acceptors (Lipinski definition) is 4. The summed E-state index contributed by atoms with van der Waals surface area (Å²) in [6.45, 7) is 10.1. The summed E-state index contributed by atoms with van der Waals surface area (Å²) in [6.07, 6.45) is 0.524. The van der Waals surface area contributed by atoms with Crippen molar-refractivity contribution >= 4 is 33.5 Å². The first-order chi connectivity index (χ1) is 14.7. The molecule has 2 heterocycles. The van der Waals surface area contributed by atoms with Crippen molar-refractivity contribution in [3.05, 3.63) is 74.8 Å². The van der Waals surface area contributed by atoms with E-state index in [4.69, 9.17) is 8.83 Å². The summed E-state index contributed by atoms with van der Waals surface area (Å²) in [5.41, 5.74) is 5.24. The fourth-order valence-corrected chi connectivity index (χ4v) is 3.93. The van der Waals surface area contributed by atoms with E-state index in [0.717, 1.165) is 33.3 Å². The van der Waals surface area contributed by atoms with Crippen molar-refractivity contribution in [3.63, 3.8) is 0 Å². The summed E-state index contributed by atoms with van der Waals surface area (Å²) in [7, 11) is 0. The zero-order chi connectivity index (χ0) is 22.3. The van der Waals surface area contributed by atoms with E-state index >= 15 is 0 Å². The molecule has 2 aromatic carbocycles. The molecule has 1 amide bonds. The molecule has 4 rings (SSSR count). The predicted molar refractivity (Wildman–Crippen MR) is 124 cm³/mol. The summed E-state index contributed by atoms with van der Waals surface area (Å²) in [4.78, 5) is 25.1. The van der Waals surface area contributed by atoms with Gasteiger partial charge in [0.1, 0.15) is 16.9 Å². The number of furan rings is 1. The highest BCUT2D eigenvalue weighted by Crippen LogP contribution is 2.31. The van der Waals surface area contributed by atoms with E-state index in [-0.39, 0.29) is 12.3 Å². The monoisotopic (exact) mass is 417 g/mol. The lowest BCUT2D eigenvalue weighted by atomic mass is 10.00. The molecule has 5 nitrogen and oxygen atoms in total. The van der Waals surface area contributed by atoms with Gasteiger partial charge in [-0.1, -0.05) is 26.0 Å². The first-order valence-electron chi connectivity index (χ1n) is 10.6. The van der Waals surface area contributed by atoms with Gasteiger partial charge in [-0.25, -0.2) is 4.79 Å². The number of carbonyl (C=O) groups is 1. The van der Waals surface area contributed by atoms with Gasteiger partial charge in [-0.3, -0.25) is 4.79 Å². The molecule has 160 valence electrons. The Hall–Kier alpha value is -3.34. The van der Waals surface area contributed by atoms with Crippen LogP contribution in [0.15, 0.2) is 50.0 Å². The Morgan fingerprint density at radius 1 is 0.935 bits per heavy atom. The second-order valence-electron chi connectivity index (χ2n) is 8.45. The molecule has 0 aliphatic carbocycles. The molecule has 0 fully saturated rings. The average molecular weight is 418 g/mol. The van der Waals surface area contributed by atoms with E-state index in [0.29, 0.717) is 29.1 Å². The lowest BCUT2D eigenvalue weighted by molar-refractivity contribution is -0.116. The van der Waals surface area contributed by atoms with Crippen LogP contribution in [0.25, 0.3) is 21.9 Å². The molecule has 5 heteroatoms. The maximum absolute atomic E-state index is 12.6. The summed E-state index contributed by atoms with van der Waals surface area (Å²) < 4.78 is 11.3. The summed E-state index contributed by atoms with van der Waals surface area (Å²) in [5, 5.41) is 4.79. The third kappa shape index (κ3) is 4.00. The molecule has 0 unspecified atom stereocenters. The lowest BCUT2D eigenvalue weighted by Gasteiger charge is -2.10. The minimum Gasteiger partial charge on any atom is -0.461 e. The Balaban J connectivity index is 1.56. The van der Waals surface area contributed by atoms with E-state index in [9.17, 15) is 9.59 Å². The highest BCUT2D eigenvalue weighted by atomic mass is 16.4. The molecule has 0 spiro atoms. The van der Waals surface area contributed by atoms with Crippen molar-refractivity contribution < 1.29 is 13.6 Å². The fraction of sp³-hybridized carbons (Fsp3) is 0.308. The normalized spacial score (nSPS) is 11.5. The Morgan fingerprint density at radius 2 is 1.58 bits per heavy atom. The third-order valence-electron chi connectivity index (χ3n) is 6.05. The largest absolute Gasteiger partial charge is 0.461 e. The Kier molecular flexibility index (Phi) is 5.44. The minimum atomic E-state index is -0.404. The smallest absolute Gasteiger partial charge is 0.339 e. The maximum atomic E-state index is 12.6. The predicted octanol–water partition coefficient (Wildman–Crippen LogP) is 6.16. The fourth-order valence-electron chi connectivity index (χ4n) is 3.93. The number of carbonyl (C=O) groups excluding carboxylic acids is 1. The van der Waals surface area contributed by atoms with Crippen molar-refractivity contribution in [2.24, 2.45) is 0 Å². The molecule has 0 radical (unpaired) electrons. The third-order valence-corrected chi connectivity index (χ3v) is 6.05. The summed E-state index contributed by atoms with van der Waals surface area (Å²) in [6, 6.07) is 11.6. The van der Waals surface area contributed by atoms with Gasteiger partial charge in [0.05, 0.1) is 0 Å². The molecular weight excluding hydrogens is 390 g/mol. The SMILES string of the molecule is Cc1oc2cc3oc(=O)c(CCC(=O)Nc4ccc(C(C)C)cc4)c(C)c3cc2c1C. The molecular formula is C26H27NO4. The molecule has 0 saturated carbocycles. The van der Waals surface area contributed by atoms with Crippen molar-refractivity contribution in [2.45, 2.75) is 53.4 Å². The lowest BCUT2D eigenvalue weighted by Crippen LogP contribution is -2.16. The average Bonchev–Trinajstić information content (AvgIpc) is 3.00. The number of anilines is 1. The van der Waals surface area contributed by atoms with Gasteiger partial charge in [0.25, 0.3) is 0 Å². The van der Waals surface area contributed by atoms with Gasteiger partial charge in [-0.05, 0) is 68.0 Å². The highest BCUT2D eigenvalue weighted by molar-refractivity contribution is 5.97. The quantitative estimate of drug-likeness (QED) is 0.395. The Labute approximate surface area is 181 Å². The maximum Gasteiger partial charge on any atom is 0.339 e. The van der Waals surface area contributed by atoms with E-state index < -0.39 is 5.63 Å². The molecule has 0 saturated heterocycles. The second kappa shape index (κ2) is 8.06. The second-order valence-corrected chi connectivity index (χ2v) is 8.45. The van der Waals surface area contributed by atoms with Crippen molar-refractivity contribution in [1.82, 2.24) is 0 Å². The van der Waals surface area contributed by atoms with Gasteiger partial charge in [0.15, 0.2) is 0 Å². The van der Waals surface area contributed by atoms with E-state index in [1.165, 1.54) is 5.56 Å². The van der Waals surface area contributed by atoms with E-state index in [1.807, 2.05) is 51.1 Å². The van der Waals surface area contributed by atoms with Crippen LogP contribution < -0.4 is 10.9 Å². The van der Waals surface area contributed by atoms with Crippen LogP contribution in [-0.4, -0.2) is 5.91 Å². The van der Waals surface area contributed by atoms with Crippen LogP contribution in [0.5, 0.6) is 0 Å². The van der Waals surface area contributed by atoms with Crippen LogP contribution in [0.4, 0.5) is 5.69 Å². The van der Waals surface area contributed by atoms with Gasteiger partial charge >= 0.3 is 5.63 Å². The topological polar surface area (TPSA) is 72.5 Å². The van der Waals surface area contributed by atoms with Gasteiger partial charge in [0, 0.05) is 34.5 Å². The van der Waals surface area contributed by atoms with Crippen molar-refractivity contribution in [3.8, 4) is 0 Å². The van der Waals surface area contributed by atoms with Crippen LogP contribution in [0.1, 0.15) is 54.2 Å². The summed E-state index contributed by atoms with van der Waals surface area (Å²) in [5.74, 6) is 1.16. The van der Waals surface area contributed by atoms with E-state index in [2.05, 4.69) is 19.2 Å². The number of rotatable bonds is 5. The molecule has 2 aromatic heterocycles. The molecule has 31 heavy (non-hydrogen) atoms. The van der Waals surface area contributed by atoms with Crippen LogP contribution in [0.3, 0.4) is 0 Å². The van der Waals surface area contributed by atoms with Crippen LogP contribution in [-0.2, 0) is 11.2 Å². The number of hydrogen-bond donors (Lipinski definition) is 1. The number of fused-ring (bicyclic) bond motifs is 2. The zero-order valence-electron chi connectivity index (χ0n) is 18.6. The molecule has 0 aliphatic heterocycles. The first-order valence-corrected chi connectivity index (χ1v) is 10.6. The molecule has 0 bridgehead atoms. The van der Waals surface area contributed by atoms with Gasteiger partial charge in [-0.2, -0.15) is 0 Å². The van der Waals surface area contributed by atoms with Crippen molar-refractivity contribution in [2.75, 3.05) is 5.32 Å². The van der Waals surface area contributed by atoms with Crippen LogP contribution in [0, 0.1) is 20.8 Å². The molecule has 0 atom stereocenters. The molecule has 0 aliphatic rings. The number of nitrogens with one attached hydrogen (secondary N) is 1. The van der Waals surface area contributed by atoms with Crippen LogP contribution >= 0.6 is 0 Å². The van der Waals surface area contributed by atoms with E-state index in [1.54, 1.807) is 6.07 Å². The zero-order valence-corrected chi connectivity index (χ0v) is 18.6. The van der Waals surface area contributed by atoms with Crippen LogP contribution in [0.2, 0.25) is 0 Å². The van der Waals surface area contributed by atoms with Gasteiger partial charge in [0.2, 0.25) is 5.91 Å². The standard InChI is InChI=1S/C26H27NO4/c1-14(2)18-6-8-19(9-7-18)27-25(28)11-10-20-16(4)22-12-21-15(3)17(5)30-23(21)13-24(22)31-26(20)29/h6-9,12-14H,10-11H2,1-5H3,(H,27,28). The van der Waals surface area contributed by atoms with Gasteiger partial charge < -0.3 is 14.2 Å². The molecule has 1 N–H and O–H groups in total. The highest BCUT2D eigenvalue weighted by Gasteiger charge is 2.16. The Bertz CT molecular complexity index is 1340. The Morgan fingerprint density at radius 3 is 2.26 bits per heavy atom. The minimum absolute atomic E-state index is 0.132. The number of amides is 1. The number of benzene rings is 2. The summed E-state index contributed by atoms with van der Waals surface area (Å²) >= 11 is 0. The number of aryl methyl sites for hydroxylation is 3. The van der Waals surface area contributed by atoms with Gasteiger partial charge in [-0.15, -0.1) is 0 Å². The first kappa shape index (κ1) is 20.9. The molecule has 4 aromatic rings. The van der Waals surface area contributed by atoms with Crippen molar-refractivity contribution in [1.29, 1.82) is 0 Å².